The summed E-state index contributed by atoms with van der Waals surface area (Å²) in [6.07, 6.45) is 0. The van der Waals surface area contributed by atoms with Crippen LogP contribution in [0.1, 0.15) is 18.9 Å². The quantitative estimate of drug-likeness (QED) is 0.479. The molecule has 1 fully saturated rings. The highest BCUT2D eigenvalue weighted by Crippen LogP contribution is 2.22. The molecule has 2 unspecified atom stereocenters. The molecule has 2 aromatic rings. The monoisotopic (exact) mass is 434 g/mol. The Morgan fingerprint density at radius 2 is 1.76 bits per heavy atom. The first kappa shape index (κ1) is 20.7. The summed E-state index contributed by atoms with van der Waals surface area (Å²) in [5.41, 5.74) is 2.82. The number of ketones is 2. The number of nitrogens with one attached hydrogen (secondary N) is 3. The molecule has 1 aliphatic carbocycles. The summed E-state index contributed by atoms with van der Waals surface area (Å²) < 4.78 is 27.1. The number of benzene rings is 1. The number of hydrogen-bond donors (Lipinski definition) is 3. The van der Waals surface area contributed by atoms with Crippen LogP contribution >= 0.6 is 11.3 Å². The molecule has 1 heterocycles. The van der Waals surface area contributed by atoms with E-state index >= 15 is 0 Å². The van der Waals surface area contributed by atoms with Gasteiger partial charge in [-0.1, -0.05) is 11.3 Å². The lowest BCUT2D eigenvalue weighted by Gasteiger charge is -2.23. The maximum atomic E-state index is 12.4. The maximum Gasteiger partial charge on any atom is 0.263 e. The zero-order chi connectivity index (χ0) is 21.3. The summed E-state index contributed by atoms with van der Waals surface area (Å²) in [6.45, 7) is 4.77. The van der Waals surface area contributed by atoms with E-state index < -0.39 is 27.6 Å². The summed E-state index contributed by atoms with van der Waals surface area (Å²) in [7, 11) is -3.82. The fraction of sp³-hybridized carbons (Fsp3) is 0.294. The molecule has 0 saturated heterocycles. The van der Waals surface area contributed by atoms with Crippen molar-refractivity contribution in [3.63, 3.8) is 0 Å². The van der Waals surface area contributed by atoms with E-state index in [2.05, 4.69) is 25.4 Å². The van der Waals surface area contributed by atoms with Gasteiger partial charge in [-0.25, -0.2) is 8.42 Å². The third-order valence-electron chi connectivity index (χ3n) is 4.38. The van der Waals surface area contributed by atoms with Crippen molar-refractivity contribution in [1.29, 1.82) is 5.41 Å². The summed E-state index contributed by atoms with van der Waals surface area (Å²) >= 11 is 1.12. The van der Waals surface area contributed by atoms with Gasteiger partial charge >= 0.3 is 0 Å². The first-order valence-corrected chi connectivity index (χ1v) is 10.8. The molecule has 0 amide bonds. The van der Waals surface area contributed by atoms with Crippen LogP contribution in [0.25, 0.3) is 0 Å². The minimum atomic E-state index is -3.82. The van der Waals surface area contributed by atoms with Gasteiger partial charge in [-0.05, 0) is 45.0 Å². The predicted molar refractivity (Wildman–Crippen MR) is 109 cm³/mol. The second-order valence-electron chi connectivity index (χ2n) is 6.45. The summed E-state index contributed by atoms with van der Waals surface area (Å²) in [4.78, 5) is 24.2. The van der Waals surface area contributed by atoms with E-state index in [1.807, 2.05) is 0 Å². The topological polar surface area (TPSA) is 154 Å². The average Bonchev–Trinajstić information content (AvgIpc) is 3.09. The molecule has 1 saturated carbocycles. The normalized spacial score (nSPS) is 21.5. The Kier molecular flexibility index (Phi) is 5.57. The van der Waals surface area contributed by atoms with Crippen LogP contribution in [0.2, 0.25) is 0 Å². The summed E-state index contributed by atoms with van der Waals surface area (Å²) in [5.74, 6) is -2.36. The van der Waals surface area contributed by atoms with Crippen LogP contribution < -0.4 is 10.1 Å². The second kappa shape index (κ2) is 7.79. The fourth-order valence-electron chi connectivity index (χ4n) is 2.65. The van der Waals surface area contributed by atoms with E-state index in [1.54, 1.807) is 13.8 Å². The van der Waals surface area contributed by atoms with Gasteiger partial charge in [-0.3, -0.25) is 19.7 Å². The molecular formula is C17H18N6O4S2. The molecule has 0 aliphatic heterocycles. The number of carbonyl (C=O) groups is 2. The Labute approximate surface area is 171 Å². The van der Waals surface area contributed by atoms with Crippen LogP contribution in [-0.4, -0.2) is 41.6 Å². The van der Waals surface area contributed by atoms with Crippen molar-refractivity contribution in [2.75, 3.05) is 10.1 Å². The zero-order valence-corrected chi connectivity index (χ0v) is 17.4. The van der Waals surface area contributed by atoms with E-state index in [0.29, 0.717) is 10.7 Å². The molecule has 0 radical (unpaired) electrons. The van der Waals surface area contributed by atoms with Crippen LogP contribution in [0.4, 0.5) is 10.8 Å². The van der Waals surface area contributed by atoms with Crippen LogP contribution in [-0.2, 0) is 19.6 Å². The number of anilines is 2. The van der Waals surface area contributed by atoms with Gasteiger partial charge in [0, 0.05) is 0 Å². The highest BCUT2D eigenvalue weighted by molar-refractivity contribution is 7.93. The minimum absolute atomic E-state index is 0.0119. The number of hydrazone groups is 1. The Hall–Kier alpha value is -2.99. The van der Waals surface area contributed by atoms with E-state index in [9.17, 15) is 18.0 Å². The van der Waals surface area contributed by atoms with E-state index in [4.69, 9.17) is 5.41 Å². The number of aryl methyl sites for hydroxylation is 1. The van der Waals surface area contributed by atoms with Gasteiger partial charge in [0.1, 0.15) is 10.7 Å². The Bertz CT molecular complexity index is 1100. The smallest absolute Gasteiger partial charge is 0.263 e. The Morgan fingerprint density at radius 3 is 2.34 bits per heavy atom. The summed E-state index contributed by atoms with van der Waals surface area (Å²) in [6, 6.07) is 5.67. The zero-order valence-electron chi connectivity index (χ0n) is 15.8. The third-order valence-corrected chi connectivity index (χ3v) is 6.62. The average molecular weight is 435 g/mol. The van der Waals surface area contributed by atoms with Crippen molar-refractivity contribution < 1.29 is 18.0 Å². The van der Waals surface area contributed by atoms with Crippen LogP contribution in [0.3, 0.4) is 0 Å². The van der Waals surface area contributed by atoms with E-state index in [1.165, 1.54) is 31.2 Å². The lowest BCUT2D eigenvalue weighted by atomic mass is 9.78. The highest BCUT2D eigenvalue weighted by atomic mass is 32.2. The van der Waals surface area contributed by atoms with Crippen LogP contribution in [0.15, 0.2) is 34.3 Å². The number of carbonyl (C=O) groups excluding carboxylic acids is 2. The molecule has 2 atom stereocenters. The molecule has 0 spiro atoms. The lowest BCUT2D eigenvalue weighted by Crippen LogP contribution is -2.46. The van der Waals surface area contributed by atoms with Gasteiger partial charge < -0.3 is 5.41 Å². The SMILES string of the molecule is Cc1nnc(NS(=O)(=O)c2ccc(NN=C3C(=N)C(C)C(=O)C(C)C3=O)cc2)s1. The molecule has 3 N–H and O–H groups in total. The first-order valence-electron chi connectivity index (χ1n) is 8.53. The predicted octanol–water partition coefficient (Wildman–Crippen LogP) is 1.86. The number of nitrogens with zero attached hydrogens (tertiary/aromatic N) is 3. The highest BCUT2D eigenvalue weighted by Gasteiger charge is 2.40. The fourth-order valence-corrected chi connectivity index (χ4v) is 4.47. The minimum Gasteiger partial charge on any atom is -0.302 e. The number of aromatic nitrogens is 2. The Morgan fingerprint density at radius 1 is 1.10 bits per heavy atom. The van der Waals surface area contributed by atoms with Crippen LogP contribution in [0, 0.1) is 24.2 Å². The molecule has 1 aromatic heterocycles. The van der Waals surface area contributed by atoms with Crippen molar-refractivity contribution in [3.8, 4) is 0 Å². The van der Waals surface area contributed by atoms with Crippen molar-refractivity contribution in [2.24, 2.45) is 16.9 Å². The van der Waals surface area contributed by atoms with Gasteiger partial charge in [-0.15, -0.1) is 10.2 Å². The van der Waals surface area contributed by atoms with Crippen molar-refractivity contribution in [1.82, 2.24) is 10.2 Å². The molecule has 12 heteroatoms. The van der Waals surface area contributed by atoms with Gasteiger partial charge in [0.05, 0.1) is 28.1 Å². The molecule has 1 aliphatic rings. The lowest BCUT2D eigenvalue weighted by molar-refractivity contribution is -0.130. The molecule has 10 nitrogen and oxygen atoms in total. The first-order chi connectivity index (χ1) is 13.6. The molecule has 3 rings (SSSR count). The number of hydrogen-bond acceptors (Lipinski definition) is 10. The standard InChI is InChI=1S/C17H18N6O4S2/c1-8-13(18)14(16(25)9(2)15(8)24)21-20-11-4-6-12(7-5-11)29(26,27)23-17-22-19-10(3)28-17/h4-9,18,20H,1-3H3,(H,22,23). The molecule has 0 bridgehead atoms. The van der Waals surface area contributed by atoms with E-state index in [0.717, 1.165) is 11.3 Å². The Balaban J connectivity index is 1.75. The van der Waals surface area contributed by atoms with Gasteiger partial charge in [0.25, 0.3) is 10.0 Å². The number of Topliss-reactive ketones (excluding diaryl/α,β-unsaturated/α-hetero) is 2. The van der Waals surface area contributed by atoms with Gasteiger partial charge in [0.2, 0.25) is 5.13 Å². The molecular weight excluding hydrogens is 416 g/mol. The van der Waals surface area contributed by atoms with Crippen molar-refractivity contribution in [3.05, 3.63) is 29.3 Å². The maximum absolute atomic E-state index is 12.4. The van der Waals surface area contributed by atoms with Gasteiger partial charge in [0.15, 0.2) is 11.6 Å². The van der Waals surface area contributed by atoms with Crippen molar-refractivity contribution in [2.45, 2.75) is 25.7 Å². The van der Waals surface area contributed by atoms with Gasteiger partial charge in [-0.2, -0.15) is 5.10 Å². The largest absolute Gasteiger partial charge is 0.302 e. The van der Waals surface area contributed by atoms with Crippen molar-refractivity contribution >= 4 is 55.2 Å². The van der Waals surface area contributed by atoms with Crippen LogP contribution in [0.5, 0.6) is 0 Å². The second-order valence-corrected chi connectivity index (χ2v) is 9.32. The molecule has 152 valence electrons. The molecule has 29 heavy (non-hydrogen) atoms. The number of rotatable bonds is 5. The summed E-state index contributed by atoms with van der Waals surface area (Å²) in [5, 5.41) is 20.2. The number of sulfonamides is 1. The molecule has 1 aromatic carbocycles. The van der Waals surface area contributed by atoms with E-state index in [-0.39, 0.29) is 27.2 Å². The third kappa shape index (κ3) is 4.22.